The molecule has 110 valence electrons. The molecule has 0 bridgehead atoms. The predicted molar refractivity (Wildman–Crippen MR) is 81.2 cm³/mol. The van der Waals surface area contributed by atoms with Gasteiger partial charge in [-0.3, -0.25) is 4.79 Å². The molecule has 3 nitrogen and oxygen atoms in total. The molecule has 3 rings (SSSR count). The molecule has 3 aromatic carbocycles. The molecule has 0 heterocycles. The number of fused-ring (bicyclic) bond motifs is 1. The topological polar surface area (TPSA) is 54.4 Å². The monoisotopic (exact) mass is 518 g/mol. The van der Waals surface area contributed by atoms with Gasteiger partial charge in [0.05, 0.1) is 11.8 Å². The Morgan fingerprint density at radius 1 is 0.955 bits per heavy atom. The molecule has 0 aliphatic heterocycles. The average Bonchev–Trinajstić information content (AvgIpc) is 2.54. The first-order valence-electron chi connectivity index (χ1n) is 6.42. The molecule has 4 heteroatoms. The fourth-order valence-corrected chi connectivity index (χ4v) is 2.41. The van der Waals surface area contributed by atoms with Crippen LogP contribution >= 0.6 is 0 Å². The fraction of sp³-hybridized carbons (Fsp3) is 0. The Bertz CT molecular complexity index is 856. The van der Waals surface area contributed by atoms with E-state index in [9.17, 15) is 14.7 Å². The minimum atomic E-state index is -0.0252. The van der Waals surface area contributed by atoms with Crippen LogP contribution in [0.15, 0.2) is 54.6 Å². The zero-order valence-electron chi connectivity index (χ0n) is 11.4. The average molecular weight is 522 g/mol. The third-order valence-electron chi connectivity index (χ3n) is 3.47. The Balaban J connectivity index is 0.00000176. The second-order valence-electron chi connectivity index (χ2n) is 4.73. The maximum absolute atomic E-state index is 11.1. The molecule has 0 saturated carbocycles. The minimum absolute atomic E-state index is 0. The molecule has 0 saturated heterocycles. The largest absolute Gasteiger partial charge is 0.507 e. The third kappa shape index (κ3) is 2.27. The molecular weight excluding hydrogens is 511 g/mol. The standard InChI is InChI=1S/C18H11O3.Cm/c19-10-12-2-1-3-13(8-12)14-4-6-16-15(9-14)5-7-18(21)17(16)11-20;/h1-9,11,21H;/q-1;. The number of rotatable bonds is 3. The van der Waals surface area contributed by atoms with Crippen LogP contribution in [0.5, 0.6) is 5.75 Å². The number of aldehydes is 1. The summed E-state index contributed by atoms with van der Waals surface area (Å²) >= 11 is 0. The van der Waals surface area contributed by atoms with Crippen molar-refractivity contribution in [2.45, 2.75) is 0 Å². The van der Waals surface area contributed by atoms with Gasteiger partial charge in [-0.2, -0.15) is 17.7 Å². The summed E-state index contributed by atoms with van der Waals surface area (Å²) in [6.07, 6.45) is 2.52. The first kappa shape index (κ1) is 14.5. The van der Waals surface area contributed by atoms with Gasteiger partial charge < -0.3 is 9.90 Å². The Kier molecular flexibility index (Phi) is 3.68. The molecule has 0 aromatic heterocycles. The van der Waals surface area contributed by atoms with E-state index in [0.717, 1.165) is 16.5 Å². The summed E-state index contributed by atoms with van der Waals surface area (Å²) in [5.74, 6) is -0.0252. The van der Waals surface area contributed by atoms with Crippen LogP contribution in [-0.2, 0) is 4.79 Å². The van der Waals surface area contributed by atoms with Gasteiger partial charge in [-0.25, -0.2) is 0 Å². The second kappa shape index (κ2) is 5.59. The van der Waals surface area contributed by atoms with E-state index in [1.54, 1.807) is 30.3 Å². The number of hydrogen-bond acceptors (Lipinski definition) is 3. The number of benzene rings is 3. The minimum Gasteiger partial charge on any atom is -0.507 e. The van der Waals surface area contributed by atoms with Crippen LogP contribution in [0.1, 0.15) is 15.9 Å². The number of phenolic OH excluding ortho intramolecular Hbond substituents is 1. The third-order valence-corrected chi connectivity index (χ3v) is 3.47. The van der Waals surface area contributed by atoms with Crippen molar-refractivity contribution >= 4 is 23.3 Å². The van der Waals surface area contributed by atoms with E-state index in [1.807, 2.05) is 24.5 Å². The van der Waals surface area contributed by atoms with Crippen LogP contribution in [0.4, 0.5) is 0 Å². The maximum atomic E-state index is 11.1. The number of carbonyl (C=O) groups is 1. The van der Waals surface area contributed by atoms with Crippen LogP contribution in [0.25, 0.3) is 21.9 Å². The van der Waals surface area contributed by atoms with Crippen LogP contribution in [0.3, 0.4) is 0 Å². The van der Waals surface area contributed by atoms with Gasteiger partial charge in [0.25, 0.3) is 0 Å². The summed E-state index contributed by atoms with van der Waals surface area (Å²) in [5.41, 5.74) is 2.61. The Morgan fingerprint density at radius 3 is 2.45 bits per heavy atom. The van der Waals surface area contributed by atoms with Gasteiger partial charge in [0.2, 0.25) is 0 Å². The van der Waals surface area contributed by atoms with Gasteiger partial charge >= 0.3 is 0 Å². The van der Waals surface area contributed by atoms with E-state index in [1.165, 1.54) is 6.07 Å². The molecule has 1 N–H and O–H groups in total. The quantitative estimate of drug-likeness (QED) is 0.424. The molecule has 3 aromatic rings. The molecular formula is C18H11CmO3-. The SMILES string of the molecule is O=[C-]c1cccc(-c2ccc3c(C=O)c(O)ccc3c2)c1.[Cm]. The van der Waals surface area contributed by atoms with Gasteiger partial charge in [0.1, 0.15) is 5.75 Å². The van der Waals surface area contributed by atoms with Crippen molar-refractivity contribution < 1.29 is 14.7 Å². The molecule has 0 unspecified atom stereocenters. The Hall–Kier alpha value is -3.94. The molecule has 22 heavy (non-hydrogen) atoms. The van der Waals surface area contributed by atoms with E-state index < -0.39 is 0 Å². The normalized spacial score (nSPS) is 10.0. The van der Waals surface area contributed by atoms with Gasteiger partial charge in [-0.1, -0.05) is 29.8 Å². The van der Waals surface area contributed by atoms with Crippen molar-refractivity contribution in [1.29, 1.82) is 0 Å². The molecule has 0 atom stereocenters. The van der Waals surface area contributed by atoms with Crippen molar-refractivity contribution in [3.8, 4) is 16.9 Å². The molecule has 0 fully saturated rings. The molecule has 0 aliphatic carbocycles. The number of hydrogen-bond donors (Lipinski definition) is 1. The summed E-state index contributed by atoms with van der Waals surface area (Å²) in [6.45, 7) is 0. The fourth-order valence-electron chi connectivity index (χ4n) is 2.41. The van der Waals surface area contributed by atoms with Crippen molar-refractivity contribution in [3.63, 3.8) is 0 Å². The number of phenols is 1. The number of carbonyl (C=O) groups excluding carboxylic acids is 2. The van der Waals surface area contributed by atoms with Crippen LogP contribution in [-0.4, -0.2) is 17.7 Å². The van der Waals surface area contributed by atoms with Gasteiger partial charge in [0.15, 0.2) is 6.29 Å². The summed E-state index contributed by atoms with van der Waals surface area (Å²) in [5, 5.41) is 11.2. The molecule has 0 aliphatic rings. The van der Waals surface area contributed by atoms with Crippen molar-refractivity contribution in [1.82, 2.24) is 0 Å². The second-order valence-corrected chi connectivity index (χ2v) is 4.73. The summed E-state index contributed by atoms with van der Waals surface area (Å²) in [6, 6.07) is 16.0. The van der Waals surface area contributed by atoms with Crippen molar-refractivity contribution in [3.05, 3.63) is 65.7 Å². The summed E-state index contributed by atoms with van der Waals surface area (Å²) in [4.78, 5) is 21.8. The zero-order valence-corrected chi connectivity index (χ0v) is 14.3. The van der Waals surface area contributed by atoms with E-state index in [2.05, 4.69) is 0 Å². The van der Waals surface area contributed by atoms with Gasteiger partial charge in [-0.15, -0.1) is 6.07 Å². The van der Waals surface area contributed by atoms with Crippen molar-refractivity contribution in [2.75, 3.05) is 0 Å². The Morgan fingerprint density at radius 2 is 1.73 bits per heavy atom. The van der Waals surface area contributed by atoms with Gasteiger partial charge in [0, 0.05) is 0 Å². The van der Waals surface area contributed by atoms with Gasteiger partial charge in [-0.05, 0) is 28.5 Å². The van der Waals surface area contributed by atoms with Crippen LogP contribution < -0.4 is 0 Å². The predicted octanol–water partition coefficient (Wildman–Crippen LogP) is 3.48. The number of aromatic hydroxyl groups is 1. The first-order chi connectivity index (χ1) is 10.2. The molecule has 0 amide bonds. The summed E-state index contributed by atoms with van der Waals surface area (Å²) < 4.78 is 0. The Labute approximate surface area is 121 Å². The van der Waals surface area contributed by atoms with E-state index in [0.29, 0.717) is 17.2 Å². The van der Waals surface area contributed by atoms with Crippen LogP contribution in [0.2, 0.25) is 0 Å². The van der Waals surface area contributed by atoms with Crippen molar-refractivity contribution in [2.24, 2.45) is 0 Å². The smallest absolute Gasteiger partial charge is 0.154 e. The van der Waals surface area contributed by atoms with E-state index in [4.69, 9.17) is 0 Å². The van der Waals surface area contributed by atoms with E-state index >= 15 is 0 Å². The zero-order chi connectivity index (χ0) is 14.8. The van der Waals surface area contributed by atoms with Crippen LogP contribution in [0, 0.1) is 0 Å². The van der Waals surface area contributed by atoms with E-state index in [-0.39, 0.29) is 11.3 Å². The maximum Gasteiger partial charge on any atom is 0.154 e. The first-order valence-corrected chi connectivity index (χ1v) is 6.42. The molecule has 0 spiro atoms. The molecule has 0 radical (unpaired) electrons. The summed E-state index contributed by atoms with van der Waals surface area (Å²) in [7, 11) is 0.